The van der Waals surface area contributed by atoms with E-state index in [1.807, 2.05) is 0 Å². The van der Waals surface area contributed by atoms with Gasteiger partial charge in [0.2, 0.25) is 0 Å². The summed E-state index contributed by atoms with van der Waals surface area (Å²) in [5, 5.41) is 20.0. The molecule has 0 heterocycles. The van der Waals surface area contributed by atoms with Crippen molar-refractivity contribution in [2.45, 2.75) is 13.5 Å². The van der Waals surface area contributed by atoms with Crippen molar-refractivity contribution in [1.82, 2.24) is 0 Å². The van der Waals surface area contributed by atoms with E-state index < -0.39 is 17.3 Å². The molecule has 3 rings (SSSR count). The van der Waals surface area contributed by atoms with E-state index in [1.54, 1.807) is 31.2 Å². The van der Waals surface area contributed by atoms with Gasteiger partial charge < -0.3 is 14.9 Å². The molecule has 0 atom stereocenters. The van der Waals surface area contributed by atoms with Crippen LogP contribution in [0.1, 0.15) is 44.3 Å². The molecule has 0 unspecified atom stereocenters. The fraction of sp³-hybridized carbons (Fsp3) is 0.176. The lowest BCUT2D eigenvalue weighted by molar-refractivity contribution is 0.0967. The quantitative estimate of drug-likeness (QED) is 0.775. The van der Waals surface area contributed by atoms with Gasteiger partial charge in [0.25, 0.3) is 0 Å². The van der Waals surface area contributed by atoms with E-state index in [2.05, 4.69) is 0 Å². The highest BCUT2D eigenvalue weighted by Crippen LogP contribution is 2.39. The minimum atomic E-state index is -0.430. The first-order valence-corrected chi connectivity index (χ1v) is 6.90. The van der Waals surface area contributed by atoms with Crippen molar-refractivity contribution in [3.63, 3.8) is 0 Å². The summed E-state index contributed by atoms with van der Waals surface area (Å²) in [7, 11) is 0. The second-order valence-electron chi connectivity index (χ2n) is 4.98. The van der Waals surface area contributed by atoms with Crippen molar-refractivity contribution in [1.29, 1.82) is 0 Å². The molecule has 112 valence electrons. The predicted molar refractivity (Wildman–Crippen MR) is 78.4 cm³/mol. The minimum Gasteiger partial charge on any atom is -0.507 e. The molecule has 1 aliphatic rings. The topological polar surface area (TPSA) is 83.8 Å². The van der Waals surface area contributed by atoms with Crippen molar-refractivity contribution < 1.29 is 24.5 Å². The molecule has 5 heteroatoms. The summed E-state index contributed by atoms with van der Waals surface area (Å²) in [6.45, 7) is 2.17. The summed E-state index contributed by atoms with van der Waals surface area (Å²) in [6.07, 6.45) is 0. The summed E-state index contributed by atoms with van der Waals surface area (Å²) in [5.74, 6) is -1.49. The number of ether oxygens (including phenoxy) is 1. The molecular formula is C17H14O5. The third kappa shape index (κ3) is 1.98. The molecule has 0 aliphatic heterocycles. The zero-order chi connectivity index (χ0) is 15.9. The van der Waals surface area contributed by atoms with Crippen LogP contribution in [-0.2, 0) is 11.3 Å². The van der Waals surface area contributed by atoms with Gasteiger partial charge in [-0.1, -0.05) is 24.3 Å². The highest BCUT2D eigenvalue weighted by atomic mass is 16.5. The van der Waals surface area contributed by atoms with Crippen LogP contribution in [-0.4, -0.2) is 28.4 Å². The standard InChI is InChI=1S/C17H14O5/c1-2-22-8-11-12(18)7-13(19)15-14(11)16(20)9-5-3-4-6-10(9)17(15)21/h3-7,18-19H,2,8H2,1H3. The molecule has 0 amide bonds. The number of phenols is 2. The lowest BCUT2D eigenvalue weighted by atomic mass is 9.81. The van der Waals surface area contributed by atoms with Crippen molar-refractivity contribution in [2.75, 3.05) is 6.61 Å². The van der Waals surface area contributed by atoms with Crippen molar-refractivity contribution in [3.8, 4) is 11.5 Å². The smallest absolute Gasteiger partial charge is 0.198 e. The Morgan fingerprint density at radius 3 is 2.14 bits per heavy atom. The summed E-state index contributed by atoms with van der Waals surface area (Å²) in [5.41, 5.74) is 0.694. The van der Waals surface area contributed by atoms with Gasteiger partial charge in [0.05, 0.1) is 12.2 Å². The van der Waals surface area contributed by atoms with E-state index in [1.165, 1.54) is 0 Å². The Labute approximate surface area is 126 Å². The molecule has 0 fully saturated rings. The maximum atomic E-state index is 12.7. The number of benzene rings is 2. The van der Waals surface area contributed by atoms with Gasteiger partial charge in [-0.05, 0) is 6.92 Å². The molecule has 2 N–H and O–H groups in total. The van der Waals surface area contributed by atoms with E-state index in [-0.39, 0.29) is 40.2 Å². The monoisotopic (exact) mass is 298 g/mol. The van der Waals surface area contributed by atoms with Gasteiger partial charge in [-0.2, -0.15) is 0 Å². The van der Waals surface area contributed by atoms with Gasteiger partial charge in [-0.15, -0.1) is 0 Å². The highest BCUT2D eigenvalue weighted by Gasteiger charge is 2.35. The molecule has 2 aromatic carbocycles. The molecule has 2 aromatic rings. The molecular weight excluding hydrogens is 284 g/mol. The maximum absolute atomic E-state index is 12.7. The van der Waals surface area contributed by atoms with Crippen molar-refractivity contribution in [3.05, 3.63) is 58.1 Å². The summed E-state index contributed by atoms with van der Waals surface area (Å²) in [6, 6.07) is 7.51. The number of phenolic OH excluding ortho intramolecular Hbond substituents is 2. The van der Waals surface area contributed by atoms with Gasteiger partial charge >= 0.3 is 0 Å². The second-order valence-corrected chi connectivity index (χ2v) is 4.98. The Balaban J connectivity index is 2.29. The number of carbonyl (C=O) groups is 2. The number of carbonyl (C=O) groups excluding carboxylic acids is 2. The van der Waals surface area contributed by atoms with E-state index in [0.717, 1.165) is 6.07 Å². The van der Waals surface area contributed by atoms with Crippen LogP contribution >= 0.6 is 0 Å². The predicted octanol–water partition coefficient (Wildman–Crippen LogP) is 2.41. The van der Waals surface area contributed by atoms with Crippen LogP contribution in [0.3, 0.4) is 0 Å². The zero-order valence-electron chi connectivity index (χ0n) is 11.9. The number of ketones is 2. The Bertz CT molecular complexity index is 792. The van der Waals surface area contributed by atoms with Crippen LogP contribution in [0.15, 0.2) is 30.3 Å². The first kappa shape index (κ1) is 14.3. The fourth-order valence-electron chi connectivity index (χ4n) is 2.67. The summed E-state index contributed by atoms with van der Waals surface area (Å²) < 4.78 is 5.27. The number of fused-ring (bicyclic) bond motifs is 2. The largest absolute Gasteiger partial charge is 0.507 e. The third-order valence-corrected chi connectivity index (χ3v) is 3.71. The molecule has 0 radical (unpaired) electrons. The van der Waals surface area contributed by atoms with Gasteiger partial charge in [-0.25, -0.2) is 0 Å². The van der Waals surface area contributed by atoms with Crippen LogP contribution in [0.2, 0.25) is 0 Å². The molecule has 22 heavy (non-hydrogen) atoms. The molecule has 5 nitrogen and oxygen atoms in total. The van der Waals surface area contributed by atoms with Crippen LogP contribution in [0.4, 0.5) is 0 Å². The number of hydrogen-bond acceptors (Lipinski definition) is 5. The zero-order valence-corrected chi connectivity index (χ0v) is 11.9. The minimum absolute atomic E-state index is 0.00780. The van der Waals surface area contributed by atoms with Gasteiger partial charge in [0.1, 0.15) is 11.5 Å². The molecule has 1 aliphatic carbocycles. The number of aromatic hydroxyl groups is 2. The van der Waals surface area contributed by atoms with E-state index in [0.29, 0.717) is 6.61 Å². The Morgan fingerprint density at radius 1 is 0.955 bits per heavy atom. The van der Waals surface area contributed by atoms with E-state index in [9.17, 15) is 19.8 Å². The van der Waals surface area contributed by atoms with Gasteiger partial charge in [-0.3, -0.25) is 9.59 Å². The molecule has 0 saturated heterocycles. The molecule has 0 spiro atoms. The van der Waals surface area contributed by atoms with E-state index >= 15 is 0 Å². The Morgan fingerprint density at radius 2 is 1.55 bits per heavy atom. The number of rotatable bonds is 3. The lowest BCUT2D eigenvalue weighted by Crippen LogP contribution is -2.23. The van der Waals surface area contributed by atoms with Crippen LogP contribution in [0.5, 0.6) is 11.5 Å². The van der Waals surface area contributed by atoms with Gasteiger partial charge in [0, 0.05) is 34.9 Å². The first-order valence-electron chi connectivity index (χ1n) is 6.90. The van der Waals surface area contributed by atoms with E-state index in [4.69, 9.17) is 4.74 Å². The normalized spacial score (nSPS) is 13.0. The summed E-state index contributed by atoms with van der Waals surface area (Å²) >= 11 is 0. The Kier molecular flexibility index (Phi) is 3.42. The first-order chi connectivity index (χ1) is 10.6. The molecule has 0 saturated carbocycles. The average Bonchev–Trinajstić information content (AvgIpc) is 2.51. The Hall–Kier alpha value is -2.66. The second kappa shape index (κ2) is 5.27. The summed E-state index contributed by atoms with van der Waals surface area (Å²) in [4.78, 5) is 25.3. The van der Waals surface area contributed by atoms with Crippen molar-refractivity contribution in [2.24, 2.45) is 0 Å². The average molecular weight is 298 g/mol. The molecule has 0 bridgehead atoms. The fourth-order valence-corrected chi connectivity index (χ4v) is 2.67. The van der Waals surface area contributed by atoms with Crippen LogP contribution in [0, 0.1) is 0 Å². The maximum Gasteiger partial charge on any atom is 0.198 e. The SMILES string of the molecule is CCOCc1c(O)cc(O)c2c1C(=O)c1ccccc1C2=O. The van der Waals surface area contributed by atoms with Crippen LogP contribution < -0.4 is 0 Å². The lowest BCUT2D eigenvalue weighted by Gasteiger charge is -2.21. The van der Waals surface area contributed by atoms with Crippen LogP contribution in [0.25, 0.3) is 0 Å². The van der Waals surface area contributed by atoms with Gasteiger partial charge in [0.15, 0.2) is 11.6 Å². The highest BCUT2D eigenvalue weighted by molar-refractivity contribution is 6.30. The molecule has 0 aromatic heterocycles. The van der Waals surface area contributed by atoms with Crippen molar-refractivity contribution >= 4 is 11.6 Å². The number of hydrogen-bond donors (Lipinski definition) is 2. The third-order valence-electron chi connectivity index (χ3n) is 3.71.